The standard InChI is InChI=1S/C15H22N4O/c1-10(2)13-12-6-8-19(3)14(12)18-15(17-13)20-9-11-5-4-7-16-11/h6,8,10-11,16H,4-5,7,9H2,1-3H3/t11-/m0/s1. The second-order valence-corrected chi connectivity index (χ2v) is 5.81. The summed E-state index contributed by atoms with van der Waals surface area (Å²) in [4.78, 5) is 9.14. The summed E-state index contributed by atoms with van der Waals surface area (Å²) in [6.07, 6.45) is 4.42. The van der Waals surface area contributed by atoms with Gasteiger partial charge in [0.2, 0.25) is 0 Å². The van der Waals surface area contributed by atoms with Crippen molar-refractivity contribution < 1.29 is 4.74 Å². The molecule has 0 unspecified atom stereocenters. The molecule has 0 spiro atoms. The molecule has 1 fully saturated rings. The van der Waals surface area contributed by atoms with Crippen LogP contribution in [-0.4, -0.2) is 33.7 Å². The van der Waals surface area contributed by atoms with Gasteiger partial charge in [-0.1, -0.05) is 13.8 Å². The lowest BCUT2D eigenvalue weighted by atomic mass is 10.1. The molecule has 1 N–H and O–H groups in total. The molecule has 5 nitrogen and oxygen atoms in total. The van der Waals surface area contributed by atoms with E-state index >= 15 is 0 Å². The Morgan fingerprint density at radius 1 is 1.45 bits per heavy atom. The first-order valence-electron chi connectivity index (χ1n) is 7.34. The fourth-order valence-corrected chi connectivity index (χ4v) is 2.72. The Morgan fingerprint density at radius 2 is 2.30 bits per heavy atom. The molecule has 1 aliphatic heterocycles. The predicted octanol–water partition coefficient (Wildman–Crippen LogP) is 2.22. The summed E-state index contributed by atoms with van der Waals surface area (Å²) in [5.41, 5.74) is 2.00. The Morgan fingerprint density at radius 3 is 3.00 bits per heavy atom. The number of hydrogen-bond donors (Lipinski definition) is 1. The molecule has 2 aromatic rings. The molecule has 2 aromatic heterocycles. The van der Waals surface area contributed by atoms with E-state index < -0.39 is 0 Å². The minimum Gasteiger partial charge on any atom is -0.462 e. The van der Waals surface area contributed by atoms with E-state index in [4.69, 9.17) is 4.74 Å². The van der Waals surface area contributed by atoms with Crippen molar-refractivity contribution in [3.8, 4) is 6.01 Å². The Kier molecular flexibility index (Phi) is 3.61. The van der Waals surface area contributed by atoms with Crippen molar-refractivity contribution in [1.29, 1.82) is 0 Å². The van der Waals surface area contributed by atoms with Crippen molar-refractivity contribution in [3.63, 3.8) is 0 Å². The van der Waals surface area contributed by atoms with Gasteiger partial charge in [0.15, 0.2) is 0 Å². The molecule has 108 valence electrons. The van der Waals surface area contributed by atoms with Crippen LogP contribution in [0.3, 0.4) is 0 Å². The Balaban J connectivity index is 1.88. The summed E-state index contributed by atoms with van der Waals surface area (Å²) in [5, 5.41) is 4.54. The SMILES string of the molecule is CC(C)c1nc(OC[C@@H]2CCCN2)nc2c1ccn2C. The van der Waals surface area contributed by atoms with Crippen LogP contribution in [0, 0.1) is 0 Å². The maximum Gasteiger partial charge on any atom is 0.318 e. The third-order valence-electron chi connectivity index (χ3n) is 3.86. The van der Waals surface area contributed by atoms with Crippen LogP contribution in [0.2, 0.25) is 0 Å². The maximum absolute atomic E-state index is 5.82. The highest BCUT2D eigenvalue weighted by molar-refractivity contribution is 5.79. The molecule has 0 radical (unpaired) electrons. The number of ether oxygens (including phenoxy) is 1. The van der Waals surface area contributed by atoms with Crippen LogP contribution in [0.5, 0.6) is 6.01 Å². The molecule has 0 saturated carbocycles. The summed E-state index contributed by atoms with van der Waals surface area (Å²) in [7, 11) is 2.00. The molecule has 20 heavy (non-hydrogen) atoms. The van der Waals surface area contributed by atoms with Gasteiger partial charge in [0.05, 0.1) is 5.69 Å². The molecule has 3 heterocycles. The van der Waals surface area contributed by atoms with Crippen LogP contribution >= 0.6 is 0 Å². The zero-order chi connectivity index (χ0) is 14.1. The van der Waals surface area contributed by atoms with Crippen LogP contribution < -0.4 is 10.1 Å². The number of hydrogen-bond acceptors (Lipinski definition) is 4. The molecule has 1 atom stereocenters. The highest BCUT2D eigenvalue weighted by Crippen LogP contribution is 2.25. The number of nitrogens with zero attached hydrogens (tertiary/aromatic N) is 3. The number of rotatable bonds is 4. The number of fused-ring (bicyclic) bond motifs is 1. The predicted molar refractivity (Wildman–Crippen MR) is 79.1 cm³/mol. The van der Waals surface area contributed by atoms with E-state index in [1.807, 2.05) is 17.8 Å². The van der Waals surface area contributed by atoms with Crippen molar-refractivity contribution in [2.24, 2.45) is 7.05 Å². The topological polar surface area (TPSA) is 52.0 Å². The molecule has 0 bridgehead atoms. The van der Waals surface area contributed by atoms with Crippen LogP contribution in [0.1, 0.15) is 38.3 Å². The van der Waals surface area contributed by atoms with Crippen molar-refractivity contribution >= 4 is 11.0 Å². The van der Waals surface area contributed by atoms with Gasteiger partial charge in [-0.3, -0.25) is 0 Å². The van der Waals surface area contributed by atoms with E-state index in [1.54, 1.807) is 0 Å². The van der Waals surface area contributed by atoms with Gasteiger partial charge in [-0.05, 0) is 31.4 Å². The van der Waals surface area contributed by atoms with Gasteiger partial charge in [-0.15, -0.1) is 0 Å². The summed E-state index contributed by atoms with van der Waals surface area (Å²) in [5.74, 6) is 0.356. The molecule has 0 aromatic carbocycles. The van der Waals surface area contributed by atoms with Gasteiger partial charge in [0.1, 0.15) is 12.3 Å². The van der Waals surface area contributed by atoms with Crippen molar-refractivity contribution in [2.45, 2.75) is 38.6 Å². The molecule has 0 amide bonds. The van der Waals surface area contributed by atoms with Gasteiger partial charge in [-0.25, -0.2) is 0 Å². The lowest BCUT2D eigenvalue weighted by Gasteiger charge is -2.13. The maximum atomic E-state index is 5.82. The van der Waals surface area contributed by atoms with Gasteiger partial charge >= 0.3 is 6.01 Å². The first-order valence-corrected chi connectivity index (χ1v) is 7.34. The highest BCUT2D eigenvalue weighted by atomic mass is 16.5. The fraction of sp³-hybridized carbons (Fsp3) is 0.600. The smallest absolute Gasteiger partial charge is 0.318 e. The average Bonchev–Trinajstić information content (AvgIpc) is 3.06. The van der Waals surface area contributed by atoms with Crippen LogP contribution in [0.25, 0.3) is 11.0 Å². The van der Waals surface area contributed by atoms with Crippen molar-refractivity contribution in [2.75, 3.05) is 13.2 Å². The van der Waals surface area contributed by atoms with Gasteiger partial charge < -0.3 is 14.6 Å². The third kappa shape index (κ3) is 2.50. The Hall–Kier alpha value is -1.62. The summed E-state index contributed by atoms with van der Waals surface area (Å²) in [6.45, 7) is 6.03. The normalized spacial score (nSPS) is 19.1. The summed E-state index contributed by atoms with van der Waals surface area (Å²) < 4.78 is 7.83. The highest BCUT2D eigenvalue weighted by Gasteiger charge is 2.17. The van der Waals surface area contributed by atoms with Gasteiger partial charge in [-0.2, -0.15) is 9.97 Å². The summed E-state index contributed by atoms with van der Waals surface area (Å²) >= 11 is 0. The molecule has 5 heteroatoms. The van der Waals surface area contributed by atoms with Crippen molar-refractivity contribution in [1.82, 2.24) is 19.9 Å². The van der Waals surface area contributed by atoms with E-state index in [-0.39, 0.29) is 0 Å². The van der Waals surface area contributed by atoms with E-state index in [1.165, 1.54) is 12.8 Å². The zero-order valence-corrected chi connectivity index (χ0v) is 12.4. The number of nitrogens with one attached hydrogen (secondary N) is 1. The lowest BCUT2D eigenvalue weighted by Crippen LogP contribution is -2.28. The van der Waals surface area contributed by atoms with Crippen LogP contribution in [0.15, 0.2) is 12.3 Å². The second kappa shape index (κ2) is 5.40. The molecular formula is C15H22N4O. The Bertz CT molecular complexity index is 599. The van der Waals surface area contributed by atoms with Crippen LogP contribution in [0.4, 0.5) is 0 Å². The quantitative estimate of drug-likeness (QED) is 0.929. The van der Waals surface area contributed by atoms with E-state index in [9.17, 15) is 0 Å². The minimum atomic E-state index is 0.356. The number of aromatic nitrogens is 3. The molecule has 1 saturated heterocycles. The first-order chi connectivity index (χ1) is 9.65. The van der Waals surface area contributed by atoms with Crippen LogP contribution in [-0.2, 0) is 7.05 Å². The van der Waals surface area contributed by atoms with E-state index in [0.717, 1.165) is 23.3 Å². The van der Waals surface area contributed by atoms with Gasteiger partial charge in [0, 0.05) is 24.7 Å². The monoisotopic (exact) mass is 274 g/mol. The van der Waals surface area contributed by atoms with Crippen molar-refractivity contribution in [3.05, 3.63) is 18.0 Å². The Labute approximate surface area is 119 Å². The third-order valence-corrected chi connectivity index (χ3v) is 3.86. The largest absolute Gasteiger partial charge is 0.462 e. The second-order valence-electron chi connectivity index (χ2n) is 5.81. The lowest BCUT2D eigenvalue weighted by molar-refractivity contribution is 0.257. The first kappa shape index (κ1) is 13.4. The minimum absolute atomic E-state index is 0.356. The molecule has 3 rings (SSSR count). The van der Waals surface area contributed by atoms with E-state index in [0.29, 0.717) is 24.6 Å². The molecular weight excluding hydrogens is 252 g/mol. The zero-order valence-electron chi connectivity index (χ0n) is 12.4. The summed E-state index contributed by atoms with van der Waals surface area (Å²) in [6, 6.07) is 3.01. The number of aryl methyl sites for hydroxylation is 1. The fourth-order valence-electron chi connectivity index (χ4n) is 2.72. The average molecular weight is 274 g/mol. The van der Waals surface area contributed by atoms with E-state index in [2.05, 4.69) is 35.2 Å². The molecule has 0 aliphatic carbocycles. The molecule has 1 aliphatic rings. The van der Waals surface area contributed by atoms with Gasteiger partial charge in [0.25, 0.3) is 0 Å².